The molecule has 1 unspecified atom stereocenters. The van der Waals surface area contributed by atoms with Crippen molar-refractivity contribution in [1.29, 1.82) is 0 Å². The summed E-state index contributed by atoms with van der Waals surface area (Å²) in [4.78, 5) is 8.50. The summed E-state index contributed by atoms with van der Waals surface area (Å²) in [7, 11) is 0. The van der Waals surface area contributed by atoms with Crippen LogP contribution >= 0.6 is 18.9 Å². The molecule has 0 aromatic rings. The van der Waals surface area contributed by atoms with Crippen LogP contribution in [-0.4, -0.2) is 10.1 Å². The molecule has 0 saturated carbocycles. The van der Waals surface area contributed by atoms with Crippen LogP contribution in [0.25, 0.3) is 0 Å². The van der Waals surface area contributed by atoms with Crippen molar-refractivity contribution in [3.8, 4) is 0 Å². The first kappa shape index (κ1) is 8.26. The second-order valence-corrected chi connectivity index (χ2v) is 4.26. The first-order chi connectivity index (χ1) is 3.42. The lowest BCUT2D eigenvalue weighted by Gasteiger charge is -2.07. The number of nitrogens with two attached hydrogens (primary N) is 2. The molecule has 0 rings (SSSR count). The van der Waals surface area contributed by atoms with Crippen LogP contribution in [0.15, 0.2) is 0 Å². The maximum absolute atomic E-state index is 8.50. The van der Waals surface area contributed by atoms with E-state index in [0.29, 0.717) is 0 Å². The Morgan fingerprint density at radius 1 is 1.75 bits per heavy atom. The molecule has 7 heteroatoms. The first-order valence-corrected chi connectivity index (χ1v) is 4.67. The van der Waals surface area contributed by atoms with Crippen molar-refractivity contribution >= 4 is 35.8 Å². The molecule has 0 fully saturated rings. The lowest BCUT2D eigenvalue weighted by Crippen LogP contribution is -2.13. The Morgan fingerprint density at radius 3 is 2.12 bits per heavy atom. The molecule has 8 heavy (non-hydrogen) atoms. The Morgan fingerprint density at radius 2 is 2.12 bits per heavy atom. The van der Waals surface area contributed by atoms with Crippen molar-refractivity contribution in [3.63, 3.8) is 0 Å². The Kier molecular flexibility index (Phi) is 2.79. The molecule has 0 spiro atoms. The van der Waals surface area contributed by atoms with Crippen LogP contribution in [-0.2, 0) is 16.3 Å². The zero-order chi connectivity index (χ0) is 6.78. The number of thiocarbonyl (C=S) groups is 1. The number of hydrogen-bond acceptors (Lipinski definition) is 3. The summed E-state index contributed by atoms with van der Waals surface area (Å²) >= 11 is 8.44. The normalized spacial score (nSPS) is 16.8. The molecule has 0 aliphatic heterocycles. The van der Waals surface area contributed by atoms with E-state index in [-0.39, 0.29) is 5.17 Å². The minimum absolute atomic E-state index is 0.321. The highest BCUT2D eigenvalue weighted by Gasteiger charge is 2.05. The van der Waals surface area contributed by atoms with Crippen LogP contribution in [0.3, 0.4) is 0 Å². The molecule has 1 atom stereocenters. The summed E-state index contributed by atoms with van der Waals surface area (Å²) in [5.41, 5.74) is 9.64. The van der Waals surface area contributed by atoms with Crippen LogP contribution in [0.5, 0.6) is 0 Å². The molecule has 0 aliphatic carbocycles. The minimum Gasteiger partial charge on any atom is -0.407 e. The van der Waals surface area contributed by atoms with Crippen LogP contribution in [0.2, 0.25) is 0 Å². The van der Waals surface area contributed by atoms with Gasteiger partial charge in [0, 0.05) is 0 Å². The van der Waals surface area contributed by atoms with E-state index in [2.05, 4.69) is 28.5 Å². The minimum atomic E-state index is -3.15. The summed E-state index contributed by atoms with van der Waals surface area (Å²) in [5, 5.41) is -0.321. The SMILES string of the molecule is NC(=S)OP(N)(O)=S. The summed E-state index contributed by atoms with van der Waals surface area (Å²) in [5.74, 6) is 0. The molecule has 0 amide bonds. The second kappa shape index (κ2) is 2.70. The monoisotopic (exact) mass is 172 g/mol. The lowest BCUT2D eigenvalue weighted by molar-refractivity contribution is 0.483. The van der Waals surface area contributed by atoms with E-state index >= 15 is 0 Å². The molecule has 4 nitrogen and oxygen atoms in total. The van der Waals surface area contributed by atoms with Gasteiger partial charge in [0.25, 0.3) is 5.17 Å². The molecule has 5 N–H and O–H groups in total. The molecule has 0 radical (unpaired) electrons. The number of hydrogen-bond donors (Lipinski definition) is 3. The van der Waals surface area contributed by atoms with E-state index in [1.807, 2.05) is 0 Å². The molecular weight excluding hydrogens is 167 g/mol. The van der Waals surface area contributed by atoms with Gasteiger partial charge in [0.1, 0.15) is 0 Å². The van der Waals surface area contributed by atoms with E-state index in [1.165, 1.54) is 0 Å². The Bertz CT molecular complexity index is 141. The van der Waals surface area contributed by atoms with E-state index in [9.17, 15) is 0 Å². The maximum Gasteiger partial charge on any atom is 0.309 e. The molecule has 0 aliphatic rings. The van der Waals surface area contributed by atoms with Gasteiger partial charge in [-0.1, -0.05) is 0 Å². The highest BCUT2D eigenvalue weighted by Crippen LogP contribution is 2.30. The fourth-order valence-electron chi connectivity index (χ4n) is 0.129. The van der Waals surface area contributed by atoms with Crippen molar-refractivity contribution in [3.05, 3.63) is 0 Å². The van der Waals surface area contributed by atoms with Crippen LogP contribution in [0, 0.1) is 0 Å². The third-order valence-corrected chi connectivity index (χ3v) is 1.11. The molecule has 0 aromatic carbocycles. The van der Waals surface area contributed by atoms with Gasteiger partial charge < -0.3 is 15.2 Å². The van der Waals surface area contributed by atoms with E-state index < -0.39 is 6.64 Å². The predicted octanol–water partition coefficient (Wildman–Crippen LogP) is -0.578. The zero-order valence-electron chi connectivity index (χ0n) is 3.77. The van der Waals surface area contributed by atoms with Gasteiger partial charge in [-0.3, -0.25) is 0 Å². The Labute approximate surface area is 57.0 Å². The van der Waals surface area contributed by atoms with Crippen LogP contribution in [0.4, 0.5) is 0 Å². The van der Waals surface area contributed by atoms with Crippen molar-refractivity contribution in [2.75, 3.05) is 0 Å². The molecule has 0 bridgehead atoms. The molecule has 0 heterocycles. The summed E-state index contributed by atoms with van der Waals surface area (Å²) in [6.45, 7) is -3.15. The maximum atomic E-state index is 8.50. The Balaban J connectivity index is 3.74. The van der Waals surface area contributed by atoms with Crippen molar-refractivity contribution in [2.45, 2.75) is 0 Å². The topological polar surface area (TPSA) is 81.5 Å². The van der Waals surface area contributed by atoms with Gasteiger partial charge in [0.05, 0.1) is 0 Å². The second-order valence-electron chi connectivity index (χ2n) is 0.974. The van der Waals surface area contributed by atoms with Gasteiger partial charge in [-0.05, 0) is 24.0 Å². The third kappa shape index (κ3) is 6.26. The largest absolute Gasteiger partial charge is 0.407 e. The van der Waals surface area contributed by atoms with Crippen LogP contribution in [0.1, 0.15) is 0 Å². The lowest BCUT2D eigenvalue weighted by atomic mass is 11.4. The van der Waals surface area contributed by atoms with E-state index in [4.69, 9.17) is 16.1 Å². The van der Waals surface area contributed by atoms with Crippen molar-refractivity contribution < 1.29 is 9.42 Å². The van der Waals surface area contributed by atoms with Crippen LogP contribution < -0.4 is 11.2 Å². The standard InChI is InChI=1S/CH5N2O2PS2/c2-1(7)5-6(3,4)8/h(H2,2,7)(H3,3,4,8). The van der Waals surface area contributed by atoms with Crippen molar-refractivity contribution in [2.24, 2.45) is 11.2 Å². The molecule has 48 valence electrons. The predicted molar refractivity (Wildman–Crippen MR) is 38.6 cm³/mol. The fraction of sp³-hybridized carbons (Fsp3) is 0. The molecular formula is CH5N2O2PS2. The Hall–Kier alpha value is 0.260. The van der Waals surface area contributed by atoms with E-state index in [1.54, 1.807) is 0 Å². The summed E-state index contributed by atoms with van der Waals surface area (Å²) in [6.07, 6.45) is 0. The third-order valence-electron chi connectivity index (χ3n) is 0.221. The van der Waals surface area contributed by atoms with Gasteiger partial charge in [0.2, 0.25) is 0 Å². The van der Waals surface area contributed by atoms with Gasteiger partial charge in [-0.2, -0.15) is 0 Å². The molecule has 0 aromatic heterocycles. The zero-order valence-corrected chi connectivity index (χ0v) is 6.30. The average Bonchev–Trinajstić information content (AvgIpc) is 1.21. The molecule has 0 saturated heterocycles. The highest BCUT2D eigenvalue weighted by molar-refractivity contribution is 8.08. The quantitative estimate of drug-likeness (QED) is 0.362. The smallest absolute Gasteiger partial charge is 0.309 e. The van der Waals surface area contributed by atoms with Gasteiger partial charge in [-0.15, -0.1) is 0 Å². The number of rotatable bonds is 1. The van der Waals surface area contributed by atoms with E-state index in [0.717, 1.165) is 0 Å². The van der Waals surface area contributed by atoms with Gasteiger partial charge >= 0.3 is 6.64 Å². The summed E-state index contributed by atoms with van der Waals surface area (Å²) in [6, 6.07) is 0. The van der Waals surface area contributed by atoms with Gasteiger partial charge in [-0.25, -0.2) is 5.50 Å². The average molecular weight is 172 g/mol. The summed E-state index contributed by atoms with van der Waals surface area (Å²) < 4.78 is 4.21. The highest BCUT2D eigenvalue weighted by atomic mass is 32.5. The van der Waals surface area contributed by atoms with Gasteiger partial charge in [0.15, 0.2) is 0 Å². The first-order valence-electron chi connectivity index (χ1n) is 1.52. The van der Waals surface area contributed by atoms with Crippen molar-refractivity contribution in [1.82, 2.24) is 0 Å². The fourth-order valence-corrected chi connectivity index (χ4v) is 1.11.